The van der Waals surface area contributed by atoms with Gasteiger partial charge in [-0.15, -0.1) is 0 Å². The molecule has 5 aromatic rings. The zero-order chi connectivity index (χ0) is 27.7. The largest absolute Gasteiger partial charge is 0.494 e. The van der Waals surface area contributed by atoms with Gasteiger partial charge in [0.15, 0.2) is 11.6 Å². The van der Waals surface area contributed by atoms with Gasteiger partial charge in [-0.1, -0.05) is 17.7 Å². The second kappa shape index (κ2) is 10.9. The first kappa shape index (κ1) is 26.4. The highest BCUT2D eigenvalue weighted by atomic mass is 35.5. The highest BCUT2D eigenvalue weighted by molar-refractivity contribution is 6.32. The van der Waals surface area contributed by atoms with Crippen molar-refractivity contribution in [2.24, 2.45) is 0 Å². The van der Waals surface area contributed by atoms with E-state index in [-0.39, 0.29) is 23.0 Å². The van der Waals surface area contributed by atoms with Crippen molar-refractivity contribution >= 4 is 28.3 Å². The Labute approximate surface area is 229 Å². The number of nitrogens with zero attached hydrogens (tertiary/aromatic N) is 4. The zero-order valence-electron chi connectivity index (χ0n) is 21.7. The average Bonchev–Trinajstić information content (AvgIpc) is 3.38. The lowest BCUT2D eigenvalue weighted by Gasteiger charge is -2.16. The molecule has 2 N–H and O–H groups in total. The SMILES string of the molecule is CNc1nccn1Cc1cc(-c2cc(C(C)O)cnc2Cl)c2ccn(Cc3ccc(F)c(OC)c3)c(=O)c2c1. The van der Waals surface area contributed by atoms with Crippen molar-refractivity contribution in [2.75, 3.05) is 19.5 Å². The number of aromatic nitrogens is 4. The minimum atomic E-state index is -0.739. The van der Waals surface area contributed by atoms with E-state index in [2.05, 4.69) is 15.3 Å². The van der Waals surface area contributed by atoms with E-state index >= 15 is 0 Å². The molecule has 1 atom stereocenters. The van der Waals surface area contributed by atoms with Gasteiger partial charge in [0.05, 0.1) is 26.3 Å². The Hall–Kier alpha value is -4.21. The van der Waals surface area contributed by atoms with Crippen LogP contribution in [0.1, 0.15) is 29.7 Å². The van der Waals surface area contributed by atoms with Crippen molar-refractivity contribution in [3.8, 4) is 16.9 Å². The van der Waals surface area contributed by atoms with E-state index in [1.54, 1.807) is 49.1 Å². The van der Waals surface area contributed by atoms with Crippen LogP contribution < -0.4 is 15.6 Å². The molecule has 200 valence electrons. The maximum atomic E-state index is 13.9. The van der Waals surface area contributed by atoms with Gasteiger partial charge in [0.25, 0.3) is 5.56 Å². The molecule has 8 nitrogen and oxygen atoms in total. The number of hydrogen-bond acceptors (Lipinski definition) is 6. The van der Waals surface area contributed by atoms with Crippen LogP contribution in [-0.2, 0) is 13.1 Å². The summed E-state index contributed by atoms with van der Waals surface area (Å²) >= 11 is 6.55. The van der Waals surface area contributed by atoms with Crippen molar-refractivity contribution in [3.05, 3.63) is 105 Å². The third-order valence-corrected chi connectivity index (χ3v) is 6.95. The molecular weight excluding hydrogens is 521 g/mol. The predicted molar refractivity (Wildman–Crippen MR) is 150 cm³/mol. The Balaban J connectivity index is 1.69. The monoisotopic (exact) mass is 547 g/mol. The minimum Gasteiger partial charge on any atom is -0.494 e. The first-order chi connectivity index (χ1) is 18.8. The number of imidazole rings is 1. The molecule has 5 rings (SSSR count). The van der Waals surface area contributed by atoms with Crippen LogP contribution in [0.25, 0.3) is 21.9 Å². The summed E-state index contributed by atoms with van der Waals surface area (Å²) in [6.45, 7) is 2.34. The number of benzene rings is 2. The number of methoxy groups -OCH3 is 1. The molecule has 3 aromatic heterocycles. The van der Waals surface area contributed by atoms with Crippen molar-refractivity contribution in [1.29, 1.82) is 0 Å². The van der Waals surface area contributed by atoms with Crippen LogP contribution in [0.2, 0.25) is 5.15 Å². The average molecular weight is 548 g/mol. The van der Waals surface area contributed by atoms with E-state index in [1.807, 2.05) is 29.0 Å². The number of aliphatic hydroxyl groups excluding tert-OH is 1. The first-order valence-corrected chi connectivity index (χ1v) is 12.7. The number of hydrogen-bond donors (Lipinski definition) is 2. The standard InChI is InChI=1S/C29H27ClFN5O3/c1-17(37)20-13-23(27(30)34-14-20)22-10-19(16-36-9-7-33-29(36)32-2)11-24-21(22)6-8-35(28(24)38)15-18-4-5-25(31)26(12-18)39-3/h4-14,17,37H,15-16H2,1-3H3,(H,32,33). The van der Waals surface area contributed by atoms with Crippen LogP contribution in [0.4, 0.5) is 10.3 Å². The molecule has 0 aliphatic rings. The second-order valence-electron chi connectivity index (χ2n) is 9.23. The number of rotatable bonds is 8. The van der Waals surface area contributed by atoms with Gasteiger partial charge in [-0.3, -0.25) is 4.79 Å². The van der Waals surface area contributed by atoms with Crippen molar-refractivity contribution in [3.63, 3.8) is 0 Å². The summed E-state index contributed by atoms with van der Waals surface area (Å²) in [4.78, 5) is 22.4. The zero-order valence-corrected chi connectivity index (χ0v) is 22.4. The number of aliphatic hydroxyl groups is 1. The third-order valence-electron chi connectivity index (χ3n) is 6.65. The fourth-order valence-electron chi connectivity index (χ4n) is 4.64. The molecule has 0 radical (unpaired) electrons. The highest BCUT2D eigenvalue weighted by Gasteiger charge is 2.17. The summed E-state index contributed by atoms with van der Waals surface area (Å²) in [7, 11) is 3.19. The van der Waals surface area contributed by atoms with Gasteiger partial charge in [0, 0.05) is 42.8 Å². The lowest BCUT2D eigenvalue weighted by atomic mass is 9.96. The van der Waals surface area contributed by atoms with Gasteiger partial charge in [0.2, 0.25) is 5.95 Å². The molecule has 0 bridgehead atoms. The molecular formula is C29H27ClFN5O3. The molecule has 0 aliphatic carbocycles. The highest BCUT2D eigenvalue weighted by Crippen LogP contribution is 2.35. The van der Waals surface area contributed by atoms with Crippen LogP contribution in [0.5, 0.6) is 5.75 Å². The topological polar surface area (TPSA) is 94.2 Å². The van der Waals surface area contributed by atoms with Crippen molar-refractivity contribution < 1.29 is 14.2 Å². The number of anilines is 1. The molecule has 0 saturated carbocycles. The fourth-order valence-corrected chi connectivity index (χ4v) is 4.84. The second-order valence-corrected chi connectivity index (χ2v) is 9.59. The number of fused-ring (bicyclic) bond motifs is 1. The molecule has 39 heavy (non-hydrogen) atoms. The van der Waals surface area contributed by atoms with Crippen molar-refractivity contribution in [2.45, 2.75) is 26.1 Å². The molecule has 0 spiro atoms. The van der Waals surface area contributed by atoms with E-state index in [9.17, 15) is 14.3 Å². The van der Waals surface area contributed by atoms with E-state index in [0.29, 0.717) is 34.4 Å². The summed E-state index contributed by atoms with van der Waals surface area (Å²) in [5.41, 5.74) is 3.31. The molecule has 3 heterocycles. The van der Waals surface area contributed by atoms with Gasteiger partial charge >= 0.3 is 0 Å². The number of nitrogens with one attached hydrogen (secondary N) is 1. The maximum Gasteiger partial charge on any atom is 0.258 e. The van der Waals surface area contributed by atoms with Crippen molar-refractivity contribution in [1.82, 2.24) is 19.1 Å². The Kier molecular flexibility index (Phi) is 7.36. The maximum absolute atomic E-state index is 13.9. The molecule has 10 heteroatoms. The van der Waals surface area contributed by atoms with Gasteiger partial charge in [-0.25, -0.2) is 14.4 Å². The quantitative estimate of drug-likeness (QED) is 0.258. The number of halogens is 2. The molecule has 0 fully saturated rings. The molecule has 0 saturated heterocycles. The molecule has 0 amide bonds. The van der Waals surface area contributed by atoms with E-state index < -0.39 is 11.9 Å². The van der Waals surface area contributed by atoms with Gasteiger partial charge in [-0.05, 0) is 71.0 Å². The summed E-state index contributed by atoms with van der Waals surface area (Å²) < 4.78 is 22.5. The van der Waals surface area contributed by atoms with Crippen LogP contribution >= 0.6 is 11.6 Å². The Morgan fingerprint density at radius 1 is 1.03 bits per heavy atom. The Morgan fingerprint density at radius 2 is 1.82 bits per heavy atom. The lowest BCUT2D eigenvalue weighted by molar-refractivity contribution is 0.199. The number of ether oxygens (including phenoxy) is 1. The normalized spacial score (nSPS) is 12.1. The Morgan fingerprint density at radius 3 is 2.56 bits per heavy atom. The third kappa shape index (κ3) is 5.23. The number of pyridine rings is 2. The van der Waals surface area contributed by atoms with Crippen LogP contribution in [0, 0.1) is 5.82 Å². The predicted octanol–water partition coefficient (Wildman–Crippen LogP) is 5.25. The van der Waals surface area contributed by atoms with Gasteiger partial charge in [0.1, 0.15) is 5.15 Å². The molecule has 1 unspecified atom stereocenters. The van der Waals surface area contributed by atoms with E-state index in [1.165, 1.54) is 19.4 Å². The van der Waals surface area contributed by atoms with Crippen LogP contribution in [0.3, 0.4) is 0 Å². The first-order valence-electron chi connectivity index (χ1n) is 12.3. The van der Waals surface area contributed by atoms with Gasteiger partial charge < -0.3 is 24.3 Å². The van der Waals surface area contributed by atoms with E-state index in [4.69, 9.17) is 16.3 Å². The molecule has 0 aliphatic heterocycles. The fraction of sp³-hybridized carbons (Fsp3) is 0.207. The molecule has 2 aromatic carbocycles. The minimum absolute atomic E-state index is 0.117. The summed E-state index contributed by atoms with van der Waals surface area (Å²) in [5, 5.41) is 14.7. The summed E-state index contributed by atoms with van der Waals surface area (Å²) in [5.74, 6) is 0.335. The lowest BCUT2D eigenvalue weighted by Crippen LogP contribution is -2.20. The Bertz CT molecular complexity index is 1730. The van der Waals surface area contributed by atoms with E-state index in [0.717, 1.165) is 16.7 Å². The summed E-state index contributed by atoms with van der Waals surface area (Å²) in [6, 6.07) is 12.0. The van der Waals surface area contributed by atoms with Crippen LogP contribution in [-0.4, -0.2) is 38.4 Å². The van der Waals surface area contributed by atoms with Gasteiger partial charge in [-0.2, -0.15) is 0 Å². The smallest absolute Gasteiger partial charge is 0.258 e. The van der Waals surface area contributed by atoms with Crippen LogP contribution in [0.15, 0.2) is 72.0 Å². The summed E-state index contributed by atoms with van der Waals surface area (Å²) in [6.07, 6.45) is 6.06.